The van der Waals surface area contributed by atoms with Gasteiger partial charge in [-0.15, -0.1) is 6.42 Å². The van der Waals surface area contributed by atoms with E-state index in [4.69, 9.17) is 20.6 Å². The van der Waals surface area contributed by atoms with E-state index >= 15 is 0 Å². The molecule has 0 spiro atoms. The second-order valence-electron chi connectivity index (χ2n) is 7.13. The molecular weight excluding hydrogens is 428 g/mol. The molecule has 2 aliphatic rings. The van der Waals surface area contributed by atoms with Gasteiger partial charge in [-0.05, 0) is 36.0 Å². The number of nitrogens with zero attached hydrogens (tertiary/aromatic N) is 2. The lowest BCUT2D eigenvalue weighted by molar-refractivity contribution is -0.122. The second kappa shape index (κ2) is 8.36. The minimum atomic E-state index is -0.360. The van der Waals surface area contributed by atoms with Gasteiger partial charge < -0.3 is 18.8 Å². The van der Waals surface area contributed by atoms with Crippen LogP contribution >= 0.6 is 11.8 Å². The maximum Gasteiger partial charge on any atom is 0.294 e. The number of imide groups is 1. The number of thioether (sulfide) groups is 1. The summed E-state index contributed by atoms with van der Waals surface area (Å²) in [4.78, 5) is 26.1. The van der Waals surface area contributed by atoms with Crippen LogP contribution in [0.25, 0.3) is 17.0 Å². The van der Waals surface area contributed by atoms with Crippen LogP contribution in [0, 0.1) is 12.3 Å². The standard InChI is InChI=1S/C24H18N2O5S/c1-2-9-26-23(27)22(32-24(26)28)12-16-14-25(19-6-4-3-5-18(16)19)10-11-29-17-7-8-20-21(13-17)31-15-30-20/h1,3-8,12-14H,9-11,15H2/b22-12-. The number of hydrogen-bond donors (Lipinski definition) is 0. The van der Waals surface area contributed by atoms with E-state index in [0.717, 1.165) is 33.1 Å². The Kier molecular flexibility index (Phi) is 5.25. The summed E-state index contributed by atoms with van der Waals surface area (Å²) in [5.74, 6) is 4.08. The molecule has 0 bridgehead atoms. The topological polar surface area (TPSA) is 70.0 Å². The zero-order valence-corrected chi connectivity index (χ0v) is 17.8. The quantitative estimate of drug-likeness (QED) is 0.419. The third-order valence-corrected chi connectivity index (χ3v) is 6.08. The molecule has 1 saturated heterocycles. The summed E-state index contributed by atoms with van der Waals surface area (Å²) in [6.07, 6.45) is 8.98. The minimum Gasteiger partial charge on any atom is -0.492 e. The van der Waals surface area contributed by atoms with Crippen molar-refractivity contribution in [2.45, 2.75) is 6.54 Å². The summed E-state index contributed by atoms with van der Waals surface area (Å²) in [5, 5.41) is 0.638. The molecule has 0 saturated carbocycles. The summed E-state index contributed by atoms with van der Waals surface area (Å²) in [6, 6.07) is 13.4. The Bertz CT molecular complexity index is 1300. The van der Waals surface area contributed by atoms with Gasteiger partial charge in [0.15, 0.2) is 11.5 Å². The number of carbonyl (C=O) groups excluding carboxylic acids is 2. The Morgan fingerprint density at radius 2 is 2.00 bits per heavy atom. The van der Waals surface area contributed by atoms with Gasteiger partial charge in [0.25, 0.3) is 11.1 Å². The summed E-state index contributed by atoms with van der Waals surface area (Å²) in [7, 11) is 0. The summed E-state index contributed by atoms with van der Waals surface area (Å²) in [6.45, 7) is 1.23. The van der Waals surface area contributed by atoms with Crippen molar-refractivity contribution in [1.82, 2.24) is 9.47 Å². The number of rotatable bonds is 6. The number of ether oxygens (including phenoxy) is 3. The normalized spacial score (nSPS) is 16.2. The van der Waals surface area contributed by atoms with Crippen LogP contribution in [0.15, 0.2) is 53.6 Å². The summed E-state index contributed by atoms with van der Waals surface area (Å²) < 4.78 is 18.7. The van der Waals surface area contributed by atoms with E-state index in [1.165, 1.54) is 0 Å². The van der Waals surface area contributed by atoms with E-state index in [1.807, 2.05) is 48.7 Å². The van der Waals surface area contributed by atoms with Crippen LogP contribution in [-0.4, -0.2) is 40.6 Å². The first-order valence-electron chi connectivity index (χ1n) is 9.93. The monoisotopic (exact) mass is 446 g/mol. The molecule has 1 fully saturated rings. The van der Waals surface area contributed by atoms with Crippen molar-refractivity contribution in [1.29, 1.82) is 0 Å². The van der Waals surface area contributed by atoms with E-state index in [0.29, 0.717) is 35.3 Å². The molecule has 2 amide bonds. The van der Waals surface area contributed by atoms with Gasteiger partial charge in [0.1, 0.15) is 12.4 Å². The number of aromatic nitrogens is 1. The van der Waals surface area contributed by atoms with Gasteiger partial charge >= 0.3 is 0 Å². The first-order valence-corrected chi connectivity index (χ1v) is 10.7. The molecule has 8 heteroatoms. The predicted octanol–water partition coefficient (Wildman–Crippen LogP) is 4.12. The zero-order valence-electron chi connectivity index (χ0n) is 16.9. The SMILES string of the molecule is C#CCN1C(=O)S/C(=C\c2cn(CCOc3ccc4c(c3)OCO4)c3ccccc23)C1=O. The first-order chi connectivity index (χ1) is 15.6. The zero-order chi connectivity index (χ0) is 22.1. The minimum absolute atomic E-state index is 0.0268. The fraction of sp³-hybridized carbons (Fsp3) is 0.167. The fourth-order valence-electron chi connectivity index (χ4n) is 3.67. The number of terminal acetylenes is 1. The lowest BCUT2D eigenvalue weighted by Crippen LogP contribution is -2.28. The smallest absolute Gasteiger partial charge is 0.294 e. The van der Waals surface area contributed by atoms with Crippen LogP contribution in [0.4, 0.5) is 4.79 Å². The second-order valence-corrected chi connectivity index (χ2v) is 8.12. The Morgan fingerprint density at radius 1 is 1.16 bits per heavy atom. The van der Waals surface area contributed by atoms with Crippen LogP contribution < -0.4 is 14.2 Å². The molecule has 0 N–H and O–H groups in total. The molecular formula is C24H18N2O5S. The van der Waals surface area contributed by atoms with Gasteiger partial charge in [-0.2, -0.15) is 0 Å². The van der Waals surface area contributed by atoms with E-state index in [2.05, 4.69) is 10.5 Å². The van der Waals surface area contributed by atoms with Crippen LogP contribution in [0.2, 0.25) is 0 Å². The average molecular weight is 446 g/mol. The molecule has 7 nitrogen and oxygen atoms in total. The molecule has 0 atom stereocenters. The van der Waals surface area contributed by atoms with Gasteiger partial charge in [0, 0.05) is 28.7 Å². The maximum atomic E-state index is 12.5. The van der Waals surface area contributed by atoms with Crippen molar-refractivity contribution in [3.05, 3.63) is 59.1 Å². The van der Waals surface area contributed by atoms with E-state index in [9.17, 15) is 9.59 Å². The Balaban J connectivity index is 1.36. The number of hydrogen-bond acceptors (Lipinski definition) is 6. The highest BCUT2D eigenvalue weighted by Crippen LogP contribution is 2.36. The molecule has 3 heterocycles. The number of carbonyl (C=O) groups is 2. The number of benzene rings is 2. The van der Waals surface area contributed by atoms with Gasteiger partial charge in [0.2, 0.25) is 6.79 Å². The molecule has 1 aromatic heterocycles. The van der Waals surface area contributed by atoms with Gasteiger partial charge in [-0.1, -0.05) is 24.1 Å². The van der Waals surface area contributed by atoms with Crippen molar-refractivity contribution in [2.75, 3.05) is 19.9 Å². The third-order valence-electron chi connectivity index (χ3n) is 5.17. The molecule has 160 valence electrons. The largest absolute Gasteiger partial charge is 0.492 e. The highest BCUT2D eigenvalue weighted by molar-refractivity contribution is 8.18. The molecule has 0 unspecified atom stereocenters. The highest BCUT2D eigenvalue weighted by Gasteiger charge is 2.34. The predicted molar refractivity (Wildman–Crippen MR) is 122 cm³/mol. The number of para-hydroxylation sites is 1. The summed E-state index contributed by atoms with van der Waals surface area (Å²) >= 11 is 0.906. The van der Waals surface area contributed by atoms with Gasteiger partial charge in [-0.3, -0.25) is 14.5 Å². The Labute approximate surface area is 188 Å². The van der Waals surface area contributed by atoms with Gasteiger partial charge in [0.05, 0.1) is 18.0 Å². The van der Waals surface area contributed by atoms with Crippen molar-refractivity contribution >= 4 is 39.9 Å². The summed E-state index contributed by atoms with van der Waals surface area (Å²) in [5.41, 5.74) is 1.87. The lowest BCUT2D eigenvalue weighted by Gasteiger charge is -2.09. The third kappa shape index (κ3) is 3.67. The first kappa shape index (κ1) is 20.1. The molecule has 5 rings (SSSR count). The van der Waals surface area contributed by atoms with Gasteiger partial charge in [-0.25, -0.2) is 0 Å². The van der Waals surface area contributed by atoms with E-state index < -0.39 is 0 Å². The molecule has 0 aliphatic carbocycles. The Morgan fingerprint density at radius 3 is 2.88 bits per heavy atom. The van der Waals surface area contributed by atoms with E-state index in [-0.39, 0.29) is 24.5 Å². The molecule has 0 radical (unpaired) electrons. The fourth-order valence-corrected chi connectivity index (χ4v) is 4.50. The number of amides is 2. The van der Waals surface area contributed by atoms with Crippen molar-refractivity contribution in [3.8, 4) is 29.6 Å². The Hall–Kier alpha value is -3.83. The van der Waals surface area contributed by atoms with Crippen LogP contribution in [0.1, 0.15) is 5.56 Å². The lowest BCUT2D eigenvalue weighted by atomic mass is 10.1. The van der Waals surface area contributed by atoms with Crippen LogP contribution in [0.5, 0.6) is 17.2 Å². The van der Waals surface area contributed by atoms with Crippen molar-refractivity contribution in [3.63, 3.8) is 0 Å². The molecule has 2 aliphatic heterocycles. The highest BCUT2D eigenvalue weighted by atomic mass is 32.2. The number of fused-ring (bicyclic) bond motifs is 2. The molecule has 3 aromatic rings. The maximum absolute atomic E-state index is 12.5. The molecule has 32 heavy (non-hydrogen) atoms. The van der Waals surface area contributed by atoms with E-state index in [1.54, 1.807) is 6.08 Å². The van der Waals surface area contributed by atoms with Crippen molar-refractivity contribution in [2.24, 2.45) is 0 Å². The molecule has 2 aromatic carbocycles. The average Bonchev–Trinajstić information content (AvgIpc) is 3.47. The van der Waals surface area contributed by atoms with Crippen molar-refractivity contribution < 1.29 is 23.8 Å². The van der Waals surface area contributed by atoms with Crippen LogP contribution in [-0.2, 0) is 11.3 Å². The van der Waals surface area contributed by atoms with Crippen LogP contribution in [0.3, 0.4) is 0 Å².